The number of esters is 2. The number of nitrogens with zero attached hydrogens (tertiary/aromatic N) is 2. The van der Waals surface area contributed by atoms with Crippen molar-refractivity contribution in [1.82, 2.24) is 0 Å². The molecule has 10 heteroatoms. The SMILES string of the molecule is O=C(OCc1ccc(COC(=O)c2ccccc2[N+](=O)[O-])cc1)c1ccccc1[N+](=O)[O-]. The maximum absolute atomic E-state index is 12.2. The molecule has 0 saturated carbocycles. The van der Waals surface area contributed by atoms with Crippen LogP contribution < -0.4 is 0 Å². The molecular weight excluding hydrogens is 420 g/mol. The van der Waals surface area contributed by atoms with Gasteiger partial charge in [0.1, 0.15) is 24.3 Å². The number of nitro benzene ring substituents is 2. The van der Waals surface area contributed by atoms with Crippen molar-refractivity contribution in [1.29, 1.82) is 0 Å². The lowest BCUT2D eigenvalue weighted by Gasteiger charge is -2.08. The van der Waals surface area contributed by atoms with E-state index in [1.807, 2.05) is 0 Å². The number of hydrogen-bond acceptors (Lipinski definition) is 8. The fourth-order valence-electron chi connectivity index (χ4n) is 2.80. The highest BCUT2D eigenvalue weighted by Gasteiger charge is 2.21. The number of nitro groups is 2. The quantitative estimate of drug-likeness (QED) is 0.291. The van der Waals surface area contributed by atoms with Gasteiger partial charge >= 0.3 is 11.9 Å². The van der Waals surface area contributed by atoms with Crippen LogP contribution >= 0.6 is 0 Å². The molecule has 0 heterocycles. The molecular formula is C22H16N2O8. The van der Waals surface area contributed by atoms with Crippen LogP contribution in [0.4, 0.5) is 11.4 Å². The van der Waals surface area contributed by atoms with Crippen molar-refractivity contribution in [3.05, 3.63) is 115 Å². The number of ether oxygens (including phenoxy) is 2. The van der Waals surface area contributed by atoms with Gasteiger partial charge in [-0.3, -0.25) is 20.2 Å². The average Bonchev–Trinajstić information content (AvgIpc) is 2.81. The number of para-hydroxylation sites is 2. The standard InChI is InChI=1S/C22H16N2O8/c25-21(17-5-1-3-7-19(17)23(27)28)31-13-15-9-11-16(12-10-15)14-32-22(26)18-6-2-4-8-20(18)24(29)30/h1-12H,13-14H2. The van der Waals surface area contributed by atoms with Gasteiger partial charge < -0.3 is 9.47 Å². The van der Waals surface area contributed by atoms with E-state index >= 15 is 0 Å². The first-order chi connectivity index (χ1) is 15.4. The van der Waals surface area contributed by atoms with Gasteiger partial charge in [0.05, 0.1) is 9.85 Å². The predicted octanol–water partition coefficient (Wildman–Crippen LogP) is 4.22. The average molecular weight is 436 g/mol. The summed E-state index contributed by atoms with van der Waals surface area (Å²) in [5, 5.41) is 22.0. The monoisotopic (exact) mass is 436 g/mol. The summed E-state index contributed by atoms with van der Waals surface area (Å²) in [6.07, 6.45) is 0. The molecule has 0 saturated heterocycles. The van der Waals surface area contributed by atoms with Crippen LogP contribution in [0.15, 0.2) is 72.8 Å². The summed E-state index contributed by atoms with van der Waals surface area (Å²) in [7, 11) is 0. The number of carbonyl (C=O) groups is 2. The Balaban J connectivity index is 1.57. The van der Waals surface area contributed by atoms with Crippen LogP contribution in [0, 0.1) is 20.2 Å². The molecule has 32 heavy (non-hydrogen) atoms. The maximum Gasteiger partial charge on any atom is 0.345 e. The fraction of sp³-hybridized carbons (Fsp3) is 0.0909. The van der Waals surface area contributed by atoms with Crippen LogP contribution in [-0.2, 0) is 22.7 Å². The minimum atomic E-state index is -0.820. The second-order valence-electron chi connectivity index (χ2n) is 6.52. The first kappa shape index (κ1) is 22.1. The van der Waals surface area contributed by atoms with E-state index in [2.05, 4.69) is 0 Å². The molecule has 0 atom stereocenters. The zero-order chi connectivity index (χ0) is 23.1. The lowest BCUT2D eigenvalue weighted by atomic mass is 10.1. The van der Waals surface area contributed by atoms with Crippen LogP contribution in [-0.4, -0.2) is 21.8 Å². The highest BCUT2D eigenvalue weighted by atomic mass is 16.6. The van der Waals surface area contributed by atoms with Gasteiger partial charge in [0.2, 0.25) is 0 Å². The highest BCUT2D eigenvalue weighted by molar-refractivity contribution is 5.94. The molecule has 0 spiro atoms. The number of benzene rings is 3. The van der Waals surface area contributed by atoms with E-state index in [0.29, 0.717) is 11.1 Å². The third kappa shape index (κ3) is 5.30. The van der Waals surface area contributed by atoms with Crippen LogP contribution in [0.5, 0.6) is 0 Å². The Bertz CT molecular complexity index is 1080. The first-order valence-corrected chi connectivity index (χ1v) is 9.25. The Kier molecular flexibility index (Phi) is 6.86. The molecule has 0 N–H and O–H groups in total. The smallest absolute Gasteiger partial charge is 0.345 e. The predicted molar refractivity (Wildman–Crippen MR) is 111 cm³/mol. The third-order valence-electron chi connectivity index (χ3n) is 4.40. The lowest BCUT2D eigenvalue weighted by molar-refractivity contribution is -0.385. The van der Waals surface area contributed by atoms with Gasteiger partial charge in [-0.1, -0.05) is 48.5 Å². The molecule has 3 aromatic rings. The van der Waals surface area contributed by atoms with Crippen molar-refractivity contribution < 1.29 is 28.9 Å². The minimum absolute atomic E-state index is 0.110. The summed E-state index contributed by atoms with van der Waals surface area (Å²) in [5.74, 6) is -1.64. The van der Waals surface area contributed by atoms with Gasteiger partial charge in [-0.2, -0.15) is 0 Å². The van der Waals surface area contributed by atoms with Crippen LogP contribution in [0.1, 0.15) is 31.8 Å². The van der Waals surface area contributed by atoms with E-state index in [1.54, 1.807) is 24.3 Å². The highest BCUT2D eigenvalue weighted by Crippen LogP contribution is 2.20. The summed E-state index contributed by atoms with van der Waals surface area (Å²) in [5.41, 5.74) is 0.269. The fourth-order valence-corrected chi connectivity index (χ4v) is 2.80. The number of rotatable bonds is 8. The summed E-state index contributed by atoms with van der Waals surface area (Å²) in [6, 6.07) is 17.5. The van der Waals surface area contributed by atoms with Gasteiger partial charge in [0.25, 0.3) is 11.4 Å². The number of hydrogen-bond donors (Lipinski definition) is 0. The zero-order valence-corrected chi connectivity index (χ0v) is 16.5. The largest absolute Gasteiger partial charge is 0.457 e. The van der Waals surface area contributed by atoms with Crippen molar-refractivity contribution in [2.45, 2.75) is 13.2 Å². The summed E-state index contributed by atoms with van der Waals surface area (Å²) >= 11 is 0. The molecule has 0 amide bonds. The van der Waals surface area contributed by atoms with Crippen molar-refractivity contribution in [3.8, 4) is 0 Å². The lowest BCUT2D eigenvalue weighted by Crippen LogP contribution is -2.09. The first-order valence-electron chi connectivity index (χ1n) is 9.25. The Morgan fingerprint density at radius 1 is 0.625 bits per heavy atom. The molecule has 0 aliphatic rings. The molecule has 0 fully saturated rings. The van der Waals surface area contributed by atoms with Gasteiger partial charge in [0, 0.05) is 12.1 Å². The molecule has 10 nitrogen and oxygen atoms in total. The molecule has 0 bridgehead atoms. The van der Waals surface area contributed by atoms with Crippen molar-refractivity contribution in [2.24, 2.45) is 0 Å². The number of carbonyl (C=O) groups excluding carboxylic acids is 2. The molecule has 0 radical (unpaired) electrons. The molecule has 0 aromatic heterocycles. The Labute approximate surface area is 181 Å². The maximum atomic E-state index is 12.2. The van der Waals surface area contributed by atoms with E-state index < -0.39 is 21.8 Å². The van der Waals surface area contributed by atoms with Gasteiger partial charge in [-0.15, -0.1) is 0 Å². The van der Waals surface area contributed by atoms with Crippen LogP contribution in [0.25, 0.3) is 0 Å². The van der Waals surface area contributed by atoms with E-state index in [1.165, 1.54) is 48.5 Å². The topological polar surface area (TPSA) is 139 Å². The van der Waals surface area contributed by atoms with Crippen LogP contribution in [0.2, 0.25) is 0 Å². The summed E-state index contributed by atoms with van der Waals surface area (Å²) in [6.45, 7) is -0.220. The summed E-state index contributed by atoms with van der Waals surface area (Å²) in [4.78, 5) is 45.1. The molecule has 0 aliphatic carbocycles. The minimum Gasteiger partial charge on any atom is -0.457 e. The third-order valence-corrected chi connectivity index (χ3v) is 4.40. The molecule has 3 rings (SSSR count). The normalized spacial score (nSPS) is 10.2. The van der Waals surface area contributed by atoms with Gasteiger partial charge in [0.15, 0.2) is 0 Å². The van der Waals surface area contributed by atoms with Gasteiger partial charge in [-0.05, 0) is 23.3 Å². The van der Waals surface area contributed by atoms with E-state index in [4.69, 9.17) is 9.47 Å². The Morgan fingerprint density at radius 3 is 1.31 bits per heavy atom. The Morgan fingerprint density at radius 2 is 0.969 bits per heavy atom. The van der Waals surface area contributed by atoms with E-state index in [9.17, 15) is 29.8 Å². The molecule has 0 aliphatic heterocycles. The van der Waals surface area contributed by atoms with Crippen molar-refractivity contribution >= 4 is 23.3 Å². The van der Waals surface area contributed by atoms with Crippen molar-refractivity contribution in [2.75, 3.05) is 0 Å². The second-order valence-corrected chi connectivity index (χ2v) is 6.52. The molecule has 162 valence electrons. The molecule has 3 aromatic carbocycles. The second kappa shape index (κ2) is 9.94. The van der Waals surface area contributed by atoms with Gasteiger partial charge in [-0.25, -0.2) is 9.59 Å². The van der Waals surface area contributed by atoms with E-state index in [0.717, 1.165) is 0 Å². The Hall–Kier alpha value is -4.60. The summed E-state index contributed by atoms with van der Waals surface area (Å²) < 4.78 is 10.3. The van der Waals surface area contributed by atoms with E-state index in [-0.39, 0.29) is 35.7 Å². The van der Waals surface area contributed by atoms with Crippen LogP contribution in [0.3, 0.4) is 0 Å². The zero-order valence-electron chi connectivity index (χ0n) is 16.5. The van der Waals surface area contributed by atoms with Crippen molar-refractivity contribution in [3.63, 3.8) is 0 Å². The molecule has 0 unspecified atom stereocenters.